The van der Waals surface area contributed by atoms with Crippen LogP contribution in [-0.2, 0) is 17.6 Å². The molecular weight excluding hydrogens is 328 g/mol. The van der Waals surface area contributed by atoms with Crippen molar-refractivity contribution in [3.63, 3.8) is 0 Å². The van der Waals surface area contributed by atoms with E-state index in [1.54, 1.807) is 11.3 Å². The van der Waals surface area contributed by atoms with E-state index in [1.807, 2.05) is 26.0 Å². The van der Waals surface area contributed by atoms with E-state index in [0.717, 1.165) is 22.6 Å². The number of ketones is 1. The van der Waals surface area contributed by atoms with Crippen molar-refractivity contribution >= 4 is 34.4 Å². The van der Waals surface area contributed by atoms with E-state index in [9.17, 15) is 9.59 Å². The molecule has 2 heterocycles. The van der Waals surface area contributed by atoms with Gasteiger partial charge in [-0.05, 0) is 57.2 Å². The van der Waals surface area contributed by atoms with Gasteiger partial charge in [0.15, 0.2) is 6.61 Å². The molecule has 1 aliphatic rings. The Kier molecular flexibility index (Phi) is 4.97. The van der Waals surface area contributed by atoms with Crippen molar-refractivity contribution in [3.05, 3.63) is 42.8 Å². The van der Waals surface area contributed by atoms with Gasteiger partial charge in [-0.1, -0.05) is 6.42 Å². The van der Waals surface area contributed by atoms with Gasteiger partial charge in [-0.3, -0.25) is 4.79 Å². The van der Waals surface area contributed by atoms with Crippen molar-refractivity contribution in [1.29, 1.82) is 0 Å². The lowest BCUT2D eigenvalue weighted by atomic mass is 10.1. The Morgan fingerprint density at radius 3 is 2.61 bits per heavy atom. The van der Waals surface area contributed by atoms with Crippen molar-refractivity contribution in [2.24, 2.45) is 0 Å². The highest BCUT2D eigenvalue weighted by Gasteiger charge is 2.19. The number of hydrogen-bond donors (Lipinski definition) is 0. The Morgan fingerprint density at radius 1 is 1.09 bits per heavy atom. The molecule has 0 radical (unpaired) electrons. The van der Waals surface area contributed by atoms with Crippen LogP contribution in [0.5, 0.6) is 0 Å². The Labute approximate surface area is 144 Å². The van der Waals surface area contributed by atoms with Crippen molar-refractivity contribution in [2.45, 2.75) is 46.0 Å². The molecule has 0 bridgehead atoms. The van der Waals surface area contributed by atoms with Gasteiger partial charge in [0, 0.05) is 20.2 Å². The number of fused-ring (bicyclic) bond motifs is 1. The molecule has 3 nitrogen and oxygen atoms in total. The second-order valence-corrected chi connectivity index (χ2v) is 8.54. The molecule has 0 amide bonds. The normalized spacial score (nSPS) is 14.2. The van der Waals surface area contributed by atoms with E-state index in [2.05, 4.69) is 0 Å². The fraction of sp³-hybridized carbons (Fsp3) is 0.444. The monoisotopic (exact) mass is 348 g/mol. The van der Waals surface area contributed by atoms with Crippen LogP contribution in [0.25, 0.3) is 0 Å². The molecule has 23 heavy (non-hydrogen) atoms. The summed E-state index contributed by atoms with van der Waals surface area (Å²) in [5.41, 5.74) is 1.96. The third-order valence-corrected chi connectivity index (χ3v) is 6.31. The second-order valence-electron chi connectivity index (χ2n) is 5.95. The Balaban J connectivity index is 1.63. The van der Waals surface area contributed by atoms with Crippen LogP contribution in [0.2, 0.25) is 0 Å². The van der Waals surface area contributed by atoms with Crippen LogP contribution in [0.3, 0.4) is 0 Å². The minimum atomic E-state index is -0.374. The number of carbonyl (C=O) groups excluding carboxylic acids is 2. The first kappa shape index (κ1) is 16.4. The summed E-state index contributed by atoms with van der Waals surface area (Å²) in [5.74, 6) is -0.501. The molecule has 0 N–H and O–H groups in total. The van der Waals surface area contributed by atoms with Crippen LogP contribution in [-0.4, -0.2) is 18.4 Å². The van der Waals surface area contributed by atoms with E-state index in [0.29, 0.717) is 10.4 Å². The molecule has 0 fully saturated rings. The zero-order valence-corrected chi connectivity index (χ0v) is 15.1. The average Bonchev–Trinajstić information content (AvgIpc) is 3.00. The van der Waals surface area contributed by atoms with Gasteiger partial charge in [0.2, 0.25) is 5.78 Å². The van der Waals surface area contributed by atoms with Gasteiger partial charge < -0.3 is 4.74 Å². The summed E-state index contributed by atoms with van der Waals surface area (Å²) < 4.78 is 5.24. The van der Waals surface area contributed by atoms with Crippen molar-refractivity contribution in [1.82, 2.24) is 0 Å². The number of hydrogen-bond acceptors (Lipinski definition) is 5. The summed E-state index contributed by atoms with van der Waals surface area (Å²) in [6, 6.07) is 3.82. The van der Waals surface area contributed by atoms with Crippen LogP contribution in [0.4, 0.5) is 0 Å². The predicted molar refractivity (Wildman–Crippen MR) is 94.0 cm³/mol. The van der Waals surface area contributed by atoms with Crippen molar-refractivity contribution in [2.75, 3.05) is 6.61 Å². The summed E-state index contributed by atoms with van der Waals surface area (Å²) in [6.45, 7) is 3.71. The predicted octanol–water partition coefficient (Wildman–Crippen LogP) is 4.74. The zero-order chi connectivity index (χ0) is 16.4. The number of rotatable bonds is 4. The van der Waals surface area contributed by atoms with Gasteiger partial charge in [0.05, 0.1) is 0 Å². The minimum Gasteiger partial charge on any atom is -0.453 e. The molecule has 122 valence electrons. The highest BCUT2D eigenvalue weighted by Crippen LogP contribution is 2.29. The largest absolute Gasteiger partial charge is 0.453 e. The molecule has 1 aliphatic carbocycles. The highest BCUT2D eigenvalue weighted by molar-refractivity contribution is 7.14. The smallest absolute Gasteiger partial charge is 0.348 e. The third kappa shape index (κ3) is 3.72. The van der Waals surface area contributed by atoms with Crippen LogP contribution in [0, 0.1) is 13.8 Å². The lowest BCUT2D eigenvalue weighted by Crippen LogP contribution is -2.13. The van der Waals surface area contributed by atoms with E-state index in [-0.39, 0.29) is 18.4 Å². The first-order valence-electron chi connectivity index (χ1n) is 7.93. The number of Topliss-reactive ketones (excluding diaryl/α,β-unsaturated/α-hetero) is 1. The Morgan fingerprint density at radius 2 is 1.87 bits per heavy atom. The van der Waals surface area contributed by atoms with Gasteiger partial charge in [-0.15, -0.1) is 22.7 Å². The molecule has 0 aromatic carbocycles. The topological polar surface area (TPSA) is 43.4 Å². The molecule has 0 aliphatic heterocycles. The molecule has 2 aromatic heterocycles. The summed E-state index contributed by atoms with van der Waals surface area (Å²) in [6.07, 6.45) is 5.74. The fourth-order valence-electron chi connectivity index (χ4n) is 2.96. The first-order valence-corrected chi connectivity index (χ1v) is 9.57. The Bertz CT molecular complexity index is 716. The van der Waals surface area contributed by atoms with E-state index in [4.69, 9.17) is 4.74 Å². The Hall–Kier alpha value is -1.46. The molecule has 2 aromatic rings. The number of aryl methyl sites for hydroxylation is 4. The number of ether oxygens (including phenoxy) is 1. The van der Waals surface area contributed by atoms with Gasteiger partial charge in [-0.2, -0.15) is 0 Å². The van der Waals surface area contributed by atoms with Crippen molar-refractivity contribution in [3.8, 4) is 0 Å². The maximum Gasteiger partial charge on any atom is 0.348 e. The minimum absolute atomic E-state index is 0.127. The third-order valence-electron chi connectivity index (χ3n) is 4.12. The molecule has 5 heteroatoms. The van der Waals surface area contributed by atoms with Crippen molar-refractivity contribution < 1.29 is 14.3 Å². The molecule has 3 rings (SSSR count). The molecule has 0 unspecified atom stereocenters. The second kappa shape index (κ2) is 6.97. The summed E-state index contributed by atoms with van der Waals surface area (Å²) in [5, 5.41) is 0. The zero-order valence-electron chi connectivity index (χ0n) is 13.4. The maximum atomic E-state index is 12.2. The van der Waals surface area contributed by atoms with E-state index >= 15 is 0 Å². The summed E-state index contributed by atoms with van der Waals surface area (Å²) in [4.78, 5) is 28.4. The lowest BCUT2D eigenvalue weighted by Gasteiger charge is -2.02. The SMILES string of the molecule is Cc1cc(C(=O)COC(=O)c2cc3c(s2)CCCCC3)c(C)s1. The van der Waals surface area contributed by atoms with Crippen LogP contribution < -0.4 is 0 Å². The quantitative estimate of drug-likeness (QED) is 0.455. The summed E-state index contributed by atoms with van der Waals surface area (Å²) >= 11 is 3.12. The van der Waals surface area contributed by atoms with E-state index in [1.165, 1.54) is 41.0 Å². The van der Waals surface area contributed by atoms with Gasteiger partial charge >= 0.3 is 5.97 Å². The first-order chi connectivity index (χ1) is 11.0. The molecule has 0 atom stereocenters. The number of thiophene rings is 2. The van der Waals surface area contributed by atoms with Crippen LogP contribution in [0.1, 0.15) is 59.5 Å². The number of esters is 1. The van der Waals surface area contributed by atoms with Gasteiger partial charge in [-0.25, -0.2) is 4.79 Å². The summed E-state index contributed by atoms with van der Waals surface area (Å²) in [7, 11) is 0. The van der Waals surface area contributed by atoms with Gasteiger partial charge in [0.25, 0.3) is 0 Å². The van der Waals surface area contributed by atoms with Crippen LogP contribution in [0.15, 0.2) is 12.1 Å². The molecule has 0 saturated heterocycles. The lowest BCUT2D eigenvalue weighted by molar-refractivity contribution is 0.0479. The van der Waals surface area contributed by atoms with Gasteiger partial charge in [0.1, 0.15) is 4.88 Å². The molecule has 0 spiro atoms. The van der Waals surface area contributed by atoms with E-state index < -0.39 is 0 Å². The highest BCUT2D eigenvalue weighted by atomic mass is 32.1. The fourth-order valence-corrected chi connectivity index (χ4v) is 5.05. The number of carbonyl (C=O) groups is 2. The standard InChI is InChI=1S/C18H20O3S2/c1-11-8-14(12(2)22-11)15(19)10-21-18(20)17-9-13-6-4-3-5-7-16(13)23-17/h8-9H,3-7,10H2,1-2H3. The molecule has 0 saturated carbocycles. The molecular formula is C18H20O3S2. The maximum absolute atomic E-state index is 12.2. The average molecular weight is 348 g/mol. The van der Waals surface area contributed by atoms with Crippen LogP contribution >= 0.6 is 22.7 Å².